The van der Waals surface area contributed by atoms with Crippen molar-refractivity contribution in [2.75, 3.05) is 26.4 Å². The van der Waals surface area contributed by atoms with Gasteiger partial charge >= 0.3 is 65.4 Å². The van der Waals surface area contributed by atoms with Crippen LogP contribution in [0.25, 0.3) is 0 Å². The van der Waals surface area contributed by atoms with Crippen LogP contribution in [0.4, 0.5) is 0 Å². The minimum atomic E-state index is -5.19. The van der Waals surface area contributed by atoms with Crippen molar-refractivity contribution in [1.82, 2.24) is 0 Å². The van der Waals surface area contributed by atoms with E-state index in [1.807, 2.05) is 0 Å². The summed E-state index contributed by atoms with van der Waals surface area (Å²) in [4.78, 5) is 84.1. The first-order valence-corrected chi connectivity index (χ1v) is 24.5. The molecule has 0 aromatic heterocycles. The maximum atomic E-state index is 12.8. The number of carbonyl (C=O) groups excluding carboxylic acids is 4. The number of unbranched alkanes of at least 4 members (excludes halogenated alkanes) is 20. The molecule has 3 atom stereocenters. The topological polar surface area (TPSA) is 238 Å². The van der Waals surface area contributed by atoms with Crippen LogP contribution >= 0.6 is 7.82 Å². The van der Waals surface area contributed by atoms with Crippen molar-refractivity contribution >= 4 is 43.6 Å². The van der Waals surface area contributed by atoms with Crippen LogP contribution in [0.1, 0.15) is 206 Å². The van der Waals surface area contributed by atoms with Crippen molar-refractivity contribution in [3.05, 3.63) is 0 Å². The molecule has 0 aliphatic carbocycles. The summed E-state index contributed by atoms with van der Waals surface area (Å²) in [6.45, 7) is 1.70. The predicted octanol–water partition coefficient (Wildman–Crippen LogP) is 6.31. The zero-order chi connectivity index (χ0) is 45.4. The normalized spacial score (nSPS) is 13.0. The number of carboxylic acids is 2. The molecule has 0 spiro atoms. The van der Waals surface area contributed by atoms with E-state index in [9.17, 15) is 38.2 Å². The van der Waals surface area contributed by atoms with Gasteiger partial charge in [0.05, 0.1) is 13.2 Å². The van der Waals surface area contributed by atoms with Gasteiger partial charge in [0.1, 0.15) is 13.2 Å². The predicted molar refractivity (Wildman–Crippen MR) is 226 cm³/mol. The molecule has 0 amide bonds. The Kier molecular flexibility index (Phi) is 42.9. The molecule has 0 saturated heterocycles. The van der Waals surface area contributed by atoms with Crippen molar-refractivity contribution in [3.63, 3.8) is 0 Å². The van der Waals surface area contributed by atoms with Gasteiger partial charge in [0, 0.05) is 38.5 Å². The Morgan fingerprint density at radius 1 is 0.419 bits per heavy atom. The molecular weight excluding hydrogens is 838 g/mol. The van der Waals surface area contributed by atoms with Gasteiger partial charge in [-0.25, -0.2) is 0 Å². The van der Waals surface area contributed by atoms with Gasteiger partial charge in [-0.15, -0.1) is 0 Å². The third-order valence-electron chi connectivity index (χ3n) is 9.81. The molecule has 16 nitrogen and oxygen atoms in total. The molecule has 0 rings (SSSR count). The smallest absolute Gasteiger partial charge is 0.756 e. The SMILES string of the molecule is CCCCCCCCCCCCCC(=O)OC[C@H](COP(=O)([O-])OCC(COC(=O)CCCC(=O)O)OC(=O)CCCC(=O)O)OC(=O)CCCCCCCCCCCCC.[Na+]. The Morgan fingerprint density at radius 3 is 1.02 bits per heavy atom. The van der Waals surface area contributed by atoms with E-state index in [0.717, 1.165) is 44.9 Å². The summed E-state index contributed by atoms with van der Waals surface area (Å²) in [6.07, 6.45) is 20.6. The Balaban J connectivity index is 0. The Bertz CT molecular complexity index is 1240. The molecule has 0 aliphatic heterocycles. The van der Waals surface area contributed by atoms with Gasteiger partial charge in [0.2, 0.25) is 0 Å². The molecule has 2 N–H and O–H groups in total. The average Bonchev–Trinajstić information content (AvgIpc) is 3.20. The van der Waals surface area contributed by atoms with Crippen molar-refractivity contribution in [1.29, 1.82) is 0 Å². The number of phosphoric acid groups is 1. The van der Waals surface area contributed by atoms with Gasteiger partial charge in [0.25, 0.3) is 7.82 Å². The first kappa shape index (κ1) is 62.0. The molecule has 0 aliphatic rings. The van der Waals surface area contributed by atoms with Gasteiger partial charge in [-0.2, -0.15) is 0 Å². The first-order valence-electron chi connectivity index (χ1n) is 23.0. The fourth-order valence-electron chi connectivity index (χ4n) is 6.26. The number of ether oxygens (including phenoxy) is 4. The molecule has 356 valence electrons. The Labute approximate surface area is 392 Å². The van der Waals surface area contributed by atoms with Crippen molar-refractivity contribution in [3.8, 4) is 0 Å². The van der Waals surface area contributed by atoms with Crippen LogP contribution in [0, 0.1) is 0 Å². The summed E-state index contributed by atoms with van der Waals surface area (Å²) in [7, 11) is -5.19. The standard InChI is InChI=1S/C44H79O16P.Na/c1-3-5-7-9-11-13-15-17-19-21-23-29-41(49)55-33-37(59-43(51)30-24-22-20-18-16-14-12-10-8-6-4-2)35-57-61(53,54)58-36-38(60-44(52)32-26-28-40(47)48)34-56-42(50)31-25-27-39(45)46;/h37-38H,3-36H2,1-2H3,(H,45,46)(H,47,48)(H,53,54);/q;+1/p-1/t37-,38?;/m1./s1. The quantitative estimate of drug-likeness (QED) is 0.0224. The largest absolute Gasteiger partial charge is 1.00 e. The fraction of sp³-hybridized carbons (Fsp3) is 0.864. The van der Waals surface area contributed by atoms with Crippen LogP contribution in [0.5, 0.6) is 0 Å². The number of carbonyl (C=O) groups is 6. The van der Waals surface area contributed by atoms with Crippen molar-refractivity contribution in [2.24, 2.45) is 0 Å². The van der Waals surface area contributed by atoms with Crippen LogP contribution in [0.2, 0.25) is 0 Å². The third kappa shape index (κ3) is 43.2. The van der Waals surface area contributed by atoms with Crippen LogP contribution in [0.3, 0.4) is 0 Å². The molecule has 0 bridgehead atoms. The van der Waals surface area contributed by atoms with E-state index in [0.29, 0.717) is 12.8 Å². The summed E-state index contributed by atoms with van der Waals surface area (Å²) in [5, 5.41) is 17.6. The maximum absolute atomic E-state index is 12.8. The van der Waals surface area contributed by atoms with E-state index < -0.39 is 82.3 Å². The van der Waals surface area contributed by atoms with E-state index >= 15 is 0 Å². The van der Waals surface area contributed by atoms with E-state index in [-0.39, 0.29) is 80.9 Å². The fourth-order valence-corrected chi connectivity index (χ4v) is 7.03. The monoisotopic (exact) mass is 916 g/mol. The molecule has 2 unspecified atom stereocenters. The van der Waals surface area contributed by atoms with E-state index in [1.165, 1.54) is 83.5 Å². The summed E-state index contributed by atoms with van der Waals surface area (Å²) >= 11 is 0. The zero-order valence-corrected chi connectivity index (χ0v) is 41.1. The van der Waals surface area contributed by atoms with Crippen LogP contribution in [-0.4, -0.2) is 84.7 Å². The molecule has 0 saturated carbocycles. The number of hydrogen-bond acceptors (Lipinski definition) is 14. The van der Waals surface area contributed by atoms with Gasteiger partial charge in [0.15, 0.2) is 12.2 Å². The van der Waals surface area contributed by atoms with E-state index in [1.54, 1.807) is 0 Å². The summed E-state index contributed by atoms with van der Waals surface area (Å²) in [5.41, 5.74) is 0. The summed E-state index contributed by atoms with van der Waals surface area (Å²) in [6, 6.07) is 0. The average molecular weight is 917 g/mol. The third-order valence-corrected chi connectivity index (χ3v) is 10.7. The maximum Gasteiger partial charge on any atom is 1.00 e. The van der Waals surface area contributed by atoms with E-state index in [4.69, 9.17) is 38.2 Å². The second-order valence-electron chi connectivity index (χ2n) is 15.7. The molecule has 0 aromatic rings. The molecule has 0 heterocycles. The molecule has 62 heavy (non-hydrogen) atoms. The number of esters is 4. The van der Waals surface area contributed by atoms with Crippen LogP contribution in [0.15, 0.2) is 0 Å². The van der Waals surface area contributed by atoms with Crippen LogP contribution in [-0.2, 0) is 61.3 Å². The zero-order valence-electron chi connectivity index (χ0n) is 38.3. The Morgan fingerprint density at radius 2 is 0.694 bits per heavy atom. The van der Waals surface area contributed by atoms with Crippen LogP contribution < -0.4 is 34.5 Å². The molecular formula is C44H78NaO16P. The molecule has 0 fully saturated rings. The summed E-state index contributed by atoms with van der Waals surface area (Å²) < 4.78 is 43.8. The minimum Gasteiger partial charge on any atom is -0.756 e. The second kappa shape index (κ2) is 42.9. The van der Waals surface area contributed by atoms with Crippen molar-refractivity contribution < 1.29 is 106 Å². The first-order chi connectivity index (χ1) is 29.3. The number of rotatable bonds is 44. The van der Waals surface area contributed by atoms with Gasteiger partial charge in [-0.05, 0) is 25.7 Å². The second-order valence-corrected chi connectivity index (χ2v) is 17.1. The Hall–Kier alpha value is -2.07. The van der Waals surface area contributed by atoms with Gasteiger partial charge in [-0.3, -0.25) is 33.3 Å². The summed E-state index contributed by atoms with van der Waals surface area (Å²) in [5.74, 6) is -5.10. The number of aliphatic carboxylic acids is 2. The van der Waals surface area contributed by atoms with Gasteiger partial charge in [-0.1, -0.05) is 142 Å². The van der Waals surface area contributed by atoms with E-state index in [2.05, 4.69) is 13.8 Å². The minimum absolute atomic E-state index is 0. The molecule has 0 radical (unpaired) electrons. The molecule has 18 heteroatoms. The number of hydrogen-bond donors (Lipinski definition) is 2. The number of phosphoric ester groups is 1. The van der Waals surface area contributed by atoms with Crippen molar-refractivity contribution in [2.45, 2.75) is 219 Å². The van der Waals surface area contributed by atoms with Gasteiger partial charge < -0.3 is 43.1 Å². The molecule has 0 aromatic carbocycles. The number of carboxylic acid groups (broad SMARTS) is 2.